The van der Waals surface area contributed by atoms with E-state index < -0.39 is 0 Å². The van der Waals surface area contributed by atoms with Crippen LogP contribution in [0.2, 0.25) is 0 Å². The van der Waals surface area contributed by atoms with Crippen molar-refractivity contribution in [3.8, 4) is 0 Å². The number of carbonyl (C=O) groups excluding carboxylic acids is 2. The number of aromatic nitrogens is 2. The molecule has 0 unspecified atom stereocenters. The molecule has 1 aromatic heterocycles. The van der Waals surface area contributed by atoms with Gasteiger partial charge in [0.05, 0.1) is 30.2 Å². The molecule has 1 aliphatic heterocycles. The van der Waals surface area contributed by atoms with E-state index in [1.54, 1.807) is 4.68 Å². The SMILES string of the molecule is Cc1nn(C)c(C)c1NC(=O)C[NH+]1CCC(C(N)=O)CC1. The van der Waals surface area contributed by atoms with Gasteiger partial charge in [-0.3, -0.25) is 14.3 Å². The summed E-state index contributed by atoms with van der Waals surface area (Å²) >= 11 is 0. The maximum atomic E-state index is 12.1. The Hall–Kier alpha value is -1.89. The van der Waals surface area contributed by atoms with E-state index in [4.69, 9.17) is 5.73 Å². The van der Waals surface area contributed by atoms with Crippen molar-refractivity contribution in [2.45, 2.75) is 26.7 Å². The number of piperidine rings is 1. The van der Waals surface area contributed by atoms with Crippen molar-refractivity contribution in [1.29, 1.82) is 0 Å². The van der Waals surface area contributed by atoms with Crippen LogP contribution in [0.15, 0.2) is 0 Å². The largest absolute Gasteiger partial charge is 0.369 e. The number of quaternary nitrogens is 1. The highest BCUT2D eigenvalue weighted by molar-refractivity contribution is 5.92. The molecular formula is C14H24N5O2+. The molecule has 21 heavy (non-hydrogen) atoms. The van der Waals surface area contributed by atoms with E-state index >= 15 is 0 Å². The van der Waals surface area contributed by atoms with Gasteiger partial charge >= 0.3 is 0 Å². The number of nitrogens with one attached hydrogen (secondary N) is 2. The summed E-state index contributed by atoms with van der Waals surface area (Å²) in [4.78, 5) is 24.5. The Morgan fingerprint density at radius 3 is 2.48 bits per heavy atom. The van der Waals surface area contributed by atoms with E-state index in [2.05, 4.69) is 10.4 Å². The lowest BCUT2D eigenvalue weighted by atomic mass is 9.96. The second-order valence-corrected chi connectivity index (χ2v) is 5.82. The van der Waals surface area contributed by atoms with E-state index in [9.17, 15) is 9.59 Å². The zero-order chi connectivity index (χ0) is 15.6. The number of nitrogens with zero attached hydrogens (tertiary/aromatic N) is 2. The quantitative estimate of drug-likeness (QED) is 0.648. The highest BCUT2D eigenvalue weighted by Crippen LogP contribution is 2.17. The first-order valence-corrected chi connectivity index (χ1v) is 7.31. The minimum atomic E-state index is -0.222. The summed E-state index contributed by atoms with van der Waals surface area (Å²) in [7, 11) is 1.86. The van der Waals surface area contributed by atoms with Gasteiger partial charge in [-0.25, -0.2) is 0 Å². The van der Waals surface area contributed by atoms with Gasteiger partial charge in [-0.05, 0) is 13.8 Å². The molecular weight excluding hydrogens is 270 g/mol. The van der Waals surface area contributed by atoms with E-state index in [1.807, 2.05) is 20.9 Å². The summed E-state index contributed by atoms with van der Waals surface area (Å²) in [5.74, 6) is -0.263. The molecule has 0 radical (unpaired) electrons. The summed E-state index contributed by atoms with van der Waals surface area (Å²) in [5.41, 5.74) is 7.89. The number of hydrogen-bond acceptors (Lipinski definition) is 3. The summed E-state index contributed by atoms with van der Waals surface area (Å²) in [5, 5.41) is 7.23. The Balaban J connectivity index is 1.87. The van der Waals surface area contributed by atoms with Crippen molar-refractivity contribution in [1.82, 2.24) is 9.78 Å². The Morgan fingerprint density at radius 1 is 1.38 bits per heavy atom. The number of rotatable bonds is 4. The molecule has 0 aliphatic carbocycles. The summed E-state index contributed by atoms with van der Waals surface area (Å²) in [6.45, 7) is 5.85. The first-order chi connectivity index (χ1) is 9.88. The second-order valence-electron chi connectivity index (χ2n) is 5.82. The topological polar surface area (TPSA) is 94.4 Å². The Morgan fingerprint density at radius 2 is 2.00 bits per heavy atom. The molecule has 0 aromatic carbocycles. The molecule has 1 fully saturated rings. The van der Waals surface area contributed by atoms with Crippen LogP contribution in [0.1, 0.15) is 24.2 Å². The first kappa shape index (κ1) is 15.5. The summed E-state index contributed by atoms with van der Waals surface area (Å²) in [6, 6.07) is 0. The van der Waals surface area contributed by atoms with Crippen LogP contribution in [0.4, 0.5) is 5.69 Å². The lowest BCUT2D eigenvalue weighted by molar-refractivity contribution is -0.897. The van der Waals surface area contributed by atoms with Crippen molar-refractivity contribution >= 4 is 17.5 Å². The van der Waals surface area contributed by atoms with Gasteiger partial charge in [0.2, 0.25) is 5.91 Å². The number of likely N-dealkylation sites (tertiary alicyclic amines) is 1. The Kier molecular flexibility index (Phi) is 4.62. The van der Waals surface area contributed by atoms with Crippen LogP contribution in [-0.2, 0) is 16.6 Å². The fraction of sp³-hybridized carbons (Fsp3) is 0.643. The van der Waals surface area contributed by atoms with Gasteiger partial charge in [-0.1, -0.05) is 0 Å². The molecule has 2 rings (SSSR count). The van der Waals surface area contributed by atoms with Crippen LogP contribution in [0.3, 0.4) is 0 Å². The fourth-order valence-electron chi connectivity index (χ4n) is 2.85. The van der Waals surface area contributed by atoms with Crippen molar-refractivity contribution in [3.05, 3.63) is 11.4 Å². The third kappa shape index (κ3) is 3.60. The smallest absolute Gasteiger partial charge is 0.279 e. The van der Waals surface area contributed by atoms with Gasteiger partial charge in [0, 0.05) is 25.8 Å². The number of anilines is 1. The van der Waals surface area contributed by atoms with Crippen LogP contribution in [0.5, 0.6) is 0 Å². The third-order valence-corrected chi connectivity index (χ3v) is 4.28. The molecule has 0 atom stereocenters. The van der Waals surface area contributed by atoms with Crippen LogP contribution in [-0.4, -0.2) is 41.2 Å². The predicted octanol–water partition coefficient (Wildman–Crippen LogP) is -1.24. The highest BCUT2D eigenvalue weighted by Gasteiger charge is 2.27. The van der Waals surface area contributed by atoms with Crippen LogP contribution in [0.25, 0.3) is 0 Å². The highest BCUT2D eigenvalue weighted by atomic mass is 16.2. The van der Waals surface area contributed by atoms with Crippen LogP contribution >= 0.6 is 0 Å². The maximum Gasteiger partial charge on any atom is 0.279 e. The monoisotopic (exact) mass is 294 g/mol. The molecule has 0 bridgehead atoms. The number of carbonyl (C=O) groups is 2. The lowest BCUT2D eigenvalue weighted by Crippen LogP contribution is -3.14. The second kappa shape index (κ2) is 6.26. The van der Waals surface area contributed by atoms with Crippen LogP contribution < -0.4 is 16.0 Å². The molecule has 1 aliphatic rings. The van der Waals surface area contributed by atoms with Gasteiger partial charge in [0.1, 0.15) is 0 Å². The number of aryl methyl sites for hydroxylation is 2. The fourth-order valence-corrected chi connectivity index (χ4v) is 2.85. The van der Waals surface area contributed by atoms with E-state index in [-0.39, 0.29) is 17.7 Å². The van der Waals surface area contributed by atoms with Gasteiger partial charge in [0.15, 0.2) is 6.54 Å². The van der Waals surface area contributed by atoms with Crippen molar-refractivity contribution in [3.63, 3.8) is 0 Å². The molecule has 7 nitrogen and oxygen atoms in total. The molecule has 1 aromatic rings. The molecule has 2 heterocycles. The Labute approximate surface area is 124 Å². The molecule has 2 amide bonds. The van der Waals surface area contributed by atoms with E-state index in [0.717, 1.165) is 43.0 Å². The number of nitrogens with two attached hydrogens (primary N) is 1. The molecule has 1 saturated heterocycles. The zero-order valence-electron chi connectivity index (χ0n) is 12.9. The number of primary amides is 1. The van der Waals surface area contributed by atoms with Gasteiger partial charge < -0.3 is 16.0 Å². The van der Waals surface area contributed by atoms with E-state index in [0.29, 0.717) is 6.54 Å². The molecule has 4 N–H and O–H groups in total. The average molecular weight is 294 g/mol. The third-order valence-electron chi connectivity index (χ3n) is 4.28. The summed E-state index contributed by atoms with van der Waals surface area (Å²) < 4.78 is 1.76. The summed E-state index contributed by atoms with van der Waals surface area (Å²) in [6.07, 6.45) is 1.53. The molecule has 0 saturated carbocycles. The normalized spacial score (nSPS) is 22.0. The minimum absolute atomic E-state index is 0.0123. The molecule has 116 valence electrons. The number of amides is 2. The van der Waals surface area contributed by atoms with Crippen molar-refractivity contribution in [2.75, 3.05) is 25.0 Å². The Bertz CT molecular complexity index is 544. The minimum Gasteiger partial charge on any atom is -0.369 e. The van der Waals surface area contributed by atoms with Gasteiger partial charge in [-0.15, -0.1) is 0 Å². The van der Waals surface area contributed by atoms with Crippen LogP contribution in [0, 0.1) is 19.8 Å². The standard InChI is InChI=1S/C14H23N5O2/c1-9-13(10(2)18(3)17-9)16-12(20)8-19-6-4-11(5-7-19)14(15)21/h11H,4-8H2,1-3H3,(H2,15,21)(H,16,20)/p+1. The average Bonchev–Trinajstić information content (AvgIpc) is 2.66. The van der Waals surface area contributed by atoms with E-state index in [1.165, 1.54) is 4.90 Å². The van der Waals surface area contributed by atoms with Crippen molar-refractivity contribution < 1.29 is 14.5 Å². The lowest BCUT2D eigenvalue weighted by Gasteiger charge is -2.27. The molecule has 0 spiro atoms. The number of hydrogen-bond donors (Lipinski definition) is 3. The first-order valence-electron chi connectivity index (χ1n) is 7.31. The van der Waals surface area contributed by atoms with Gasteiger partial charge in [-0.2, -0.15) is 5.10 Å². The maximum absolute atomic E-state index is 12.1. The zero-order valence-corrected chi connectivity index (χ0v) is 12.9. The predicted molar refractivity (Wildman–Crippen MR) is 78.8 cm³/mol. The van der Waals surface area contributed by atoms with Gasteiger partial charge in [0.25, 0.3) is 5.91 Å². The molecule has 7 heteroatoms. The van der Waals surface area contributed by atoms with Crippen molar-refractivity contribution in [2.24, 2.45) is 18.7 Å².